The third kappa shape index (κ3) is 4.58. The number of halogens is 1. The van der Waals surface area contributed by atoms with Crippen molar-refractivity contribution < 1.29 is 17.9 Å². The van der Waals surface area contributed by atoms with Gasteiger partial charge in [-0.2, -0.15) is 12.8 Å². The van der Waals surface area contributed by atoms with E-state index in [2.05, 4.69) is 20.3 Å². The molecule has 0 bridgehead atoms. The molecule has 7 heteroatoms. The summed E-state index contributed by atoms with van der Waals surface area (Å²) in [5, 5.41) is 0. The molecule has 0 aromatic heterocycles. The summed E-state index contributed by atoms with van der Waals surface area (Å²) in [5.74, 6) is 1.12. The Morgan fingerprint density at radius 1 is 1.08 bits per heavy atom. The predicted molar refractivity (Wildman–Crippen MR) is 97.7 cm³/mol. The zero-order valence-corrected chi connectivity index (χ0v) is 15.8. The van der Waals surface area contributed by atoms with E-state index in [-0.39, 0.29) is 4.90 Å². The van der Waals surface area contributed by atoms with Crippen LogP contribution in [0, 0.1) is 0 Å². The summed E-state index contributed by atoms with van der Waals surface area (Å²) in [6, 6.07) is 11.5. The van der Waals surface area contributed by atoms with Crippen molar-refractivity contribution in [3.05, 3.63) is 52.5 Å². The molecule has 0 radical (unpaired) electrons. The zero-order valence-electron chi connectivity index (χ0n) is 13.4. The molecule has 0 atom stereocenters. The Balaban J connectivity index is 2.36. The number of hydrogen-bond acceptors (Lipinski definition) is 4. The minimum absolute atomic E-state index is 0.149. The third-order valence-corrected chi connectivity index (χ3v) is 4.84. The second-order valence-electron chi connectivity index (χ2n) is 4.72. The smallest absolute Gasteiger partial charge is 0.282 e. The Bertz CT molecular complexity index is 820. The SMILES string of the molecule is CCOc1cc(/C=N\S(=O)(=O)c2ccccc2)cc(Br)c1OCC. The third-order valence-electron chi connectivity index (χ3n) is 3.00. The predicted octanol–water partition coefficient (Wildman–Crippen LogP) is 4.05. The van der Waals surface area contributed by atoms with E-state index in [1.54, 1.807) is 30.3 Å². The van der Waals surface area contributed by atoms with E-state index in [4.69, 9.17) is 9.47 Å². The van der Waals surface area contributed by atoms with E-state index >= 15 is 0 Å². The van der Waals surface area contributed by atoms with E-state index in [9.17, 15) is 8.42 Å². The van der Waals surface area contributed by atoms with Crippen molar-refractivity contribution in [3.63, 3.8) is 0 Å². The van der Waals surface area contributed by atoms with Gasteiger partial charge in [-0.25, -0.2) is 0 Å². The Morgan fingerprint density at radius 3 is 2.38 bits per heavy atom. The Morgan fingerprint density at radius 2 is 1.75 bits per heavy atom. The summed E-state index contributed by atoms with van der Waals surface area (Å²) in [6.07, 6.45) is 1.30. The summed E-state index contributed by atoms with van der Waals surface area (Å²) in [6.45, 7) is 4.71. The van der Waals surface area contributed by atoms with Gasteiger partial charge in [0.1, 0.15) is 0 Å². The molecular weight excluding hydrogens is 394 g/mol. The molecule has 0 aliphatic carbocycles. The molecule has 0 aliphatic rings. The monoisotopic (exact) mass is 411 g/mol. The average Bonchev–Trinajstić information content (AvgIpc) is 2.57. The standard InChI is InChI=1S/C17H18BrNO4S/c1-3-22-16-11-13(10-15(18)17(16)23-4-2)12-19-24(20,21)14-8-6-5-7-9-14/h5-12H,3-4H2,1-2H3/b19-12-. The molecule has 128 valence electrons. The van der Waals surface area contributed by atoms with E-state index < -0.39 is 10.0 Å². The van der Waals surface area contributed by atoms with Crippen LogP contribution in [0.1, 0.15) is 19.4 Å². The molecule has 0 aliphatic heterocycles. The molecule has 0 fully saturated rings. The van der Waals surface area contributed by atoms with Gasteiger partial charge in [-0.1, -0.05) is 18.2 Å². The highest BCUT2D eigenvalue weighted by atomic mass is 79.9. The quantitative estimate of drug-likeness (QED) is 0.644. The van der Waals surface area contributed by atoms with Crippen LogP contribution in [-0.2, 0) is 10.0 Å². The number of ether oxygens (including phenoxy) is 2. The molecule has 2 aromatic rings. The molecule has 5 nitrogen and oxygen atoms in total. The van der Waals surface area contributed by atoms with Gasteiger partial charge in [0, 0.05) is 6.21 Å². The van der Waals surface area contributed by atoms with Crippen LogP contribution < -0.4 is 9.47 Å². The van der Waals surface area contributed by atoms with E-state index in [0.717, 1.165) is 0 Å². The van der Waals surface area contributed by atoms with Crippen molar-refractivity contribution in [1.82, 2.24) is 0 Å². The average molecular weight is 412 g/mol. The molecule has 2 aromatic carbocycles. The van der Waals surface area contributed by atoms with Crippen LogP contribution >= 0.6 is 15.9 Å². The van der Waals surface area contributed by atoms with Crippen LogP contribution in [0.25, 0.3) is 0 Å². The Kier molecular flexibility index (Phi) is 6.39. The molecule has 2 rings (SSSR count). The molecule has 0 unspecified atom stereocenters. The molecule has 0 amide bonds. The first kappa shape index (κ1) is 18.5. The number of hydrogen-bond donors (Lipinski definition) is 0. The first-order valence-electron chi connectivity index (χ1n) is 7.42. The summed E-state index contributed by atoms with van der Waals surface area (Å²) in [7, 11) is -3.73. The number of rotatable bonds is 7. The maximum atomic E-state index is 12.2. The highest BCUT2D eigenvalue weighted by Crippen LogP contribution is 2.36. The fraction of sp³-hybridized carbons (Fsp3) is 0.235. The van der Waals surface area contributed by atoms with E-state index in [0.29, 0.717) is 34.7 Å². The van der Waals surface area contributed by atoms with Gasteiger partial charge in [0.25, 0.3) is 10.0 Å². The van der Waals surface area contributed by atoms with Crippen molar-refractivity contribution in [3.8, 4) is 11.5 Å². The summed E-state index contributed by atoms with van der Waals surface area (Å²) >= 11 is 3.42. The highest BCUT2D eigenvalue weighted by Gasteiger charge is 2.13. The molecule has 0 heterocycles. The lowest BCUT2D eigenvalue weighted by molar-refractivity contribution is 0.286. The summed E-state index contributed by atoms with van der Waals surface area (Å²) in [4.78, 5) is 0.149. The van der Waals surface area contributed by atoms with Crippen molar-refractivity contribution in [2.24, 2.45) is 4.40 Å². The molecule has 0 N–H and O–H groups in total. The zero-order chi connectivity index (χ0) is 17.6. The lowest BCUT2D eigenvalue weighted by Crippen LogP contribution is -2.01. The van der Waals surface area contributed by atoms with Crippen LogP contribution in [-0.4, -0.2) is 27.8 Å². The lowest BCUT2D eigenvalue weighted by atomic mass is 10.2. The van der Waals surface area contributed by atoms with Crippen LogP contribution in [0.3, 0.4) is 0 Å². The van der Waals surface area contributed by atoms with Gasteiger partial charge in [-0.3, -0.25) is 0 Å². The number of benzene rings is 2. The normalized spacial score (nSPS) is 11.6. The Hall–Kier alpha value is -1.86. The van der Waals surface area contributed by atoms with Gasteiger partial charge >= 0.3 is 0 Å². The lowest BCUT2D eigenvalue weighted by Gasteiger charge is -2.13. The summed E-state index contributed by atoms with van der Waals surface area (Å²) < 4.78 is 39.9. The van der Waals surface area contributed by atoms with Gasteiger partial charge in [-0.15, -0.1) is 0 Å². The fourth-order valence-corrected chi connectivity index (χ4v) is 3.45. The fourth-order valence-electron chi connectivity index (χ4n) is 1.99. The van der Waals surface area contributed by atoms with E-state index in [1.807, 2.05) is 13.8 Å². The molecule has 0 saturated carbocycles. The molecule has 0 saturated heterocycles. The molecule has 0 spiro atoms. The maximum absolute atomic E-state index is 12.2. The second kappa shape index (κ2) is 8.30. The molecular formula is C17H18BrNO4S. The second-order valence-corrected chi connectivity index (χ2v) is 7.21. The number of nitrogens with zero attached hydrogens (tertiary/aromatic N) is 1. The van der Waals surface area contributed by atoms with Crippen molar-refractivity contribution >= 4 is 32.2 Å². The van der Waals surface area contributed by atoms with Gasteiger partial charge in [-0.05, 0) is 59.6 Å². The van der Waals surface area contributed by atoms with E-state index in [1.165, 1.54) is 18.3 Å². The van der Waals surface area contributed by atoms with Gasteiger partial charge in [0.2, 0.25) is 0 Å². The Labute approximate surface area is 150 Å². The molecule has 24 heavy (non-hydrogen) atoms. The van der Waals surface area contributed by atoms with Crippen molar-refractivity contribution in [2.75, 3.05) is 13.2 Å². The van der Waals surface area contributed by atoms with Crippen LogP contribution in [0.15, 0.2) is 56.2 Å². The van der Waals surface area contributed by atoms with Crippen molar-refractivity contribution in [1.29, 1.82) is 0 Å². The maximum Gasteiger partial charge on any atom is 0.282 e. The largest absolute Gasteiger partial charge is 0.490 e. The van der Waals surface area contributed by atoms with Crippen LogP contribution in [0.2, 0.25) is 0 Å². The van der Waals surface area contributed by atoms with Crippen LogP contribution in [0.4, 0.5) is 0 Å². The first-order chi connectivity index (χ1) is 11.5. The number of sulfonamides is 1. The minimum Gasteiger partial charge on any atom is -0.490 e. The minimum atomic E-state index is -3.73. The topological polar surface area (TPSA) is 65.0 Å². The van der Waals surface area contributed by atoms with Gasteiger partial charge in [0.05, 0.1) is 22.6 Å². The van der Waals surface area contributed by atoms with Crippen LogP contribution in [0.5, 0.6) is 11.5 Å². The summed E-state index contributed by atoms with van der Waals surface area (Å²) in [5.41, 5.74) is 0.591. The first-order valence-corrected chi connectivity index (χ1v) is 9.65. The highest BCUT2D eigenvalue weighted by molar-refractivity contribution is 9.10. The van der Waals surface area contributed by atoms with Gasteiger partial charge in [0.15, 0.2) is 11.5 Å². The van der Waals surface area contributed by atoms with Crippen molar-refractivity contribution in [2.45, 2.75) is 18.7 Å². The van der Waals surface area contributed by atoms with Gasteiger partial charge < -0.3 is 9.47 Å².